The molecule has 0 unspecified atom stereocenters. The molecular weight excluding hydrogens is 272 g/mol. The van der Waals surface area contributed by atoms with E-state index in [1.807, 2.05) is 6.07 Å². The number of esters is 2. The van der Waals surface area contributed by atoms with E-state index in [4.69, 9.17) is 16.3 Å². The van der Waals surface area contributed by atoms with Gasteiger partial charge in [0, 0.05) is 4.11 Å². The highest BCUT2D eigenvalue weighted by molar-refractivity contribution is 5.99. The molecular formula is C16H22O5. The average molecular weight is 299 g/mol. The van der Waals surface area contributed by atoms with Crippen molar-refractivity contribution in [3.63, 3.8) is 0 Å². The van der Waals surface area contributed by atoms with E-state index in [0.29, 0.717) is 0 Å². The van der Waals surface area contributed by atoms with Gasteiger partial charge < -0.3 is 14.2 Å². The molecule has 116 valence electrons. The van der Waals surface area contributed by atoms with Gasteiger partial charge in [-0.3, -0.25) is 9.59 Å². The molecule has 0 aliphatic carbocycles. The maximum atomic E-state index is 12.4. The average Bonchev–Trinajstić information content (AvgIpc) is 2.54. The molecule has 0 spiro atoms. The zero-order valence-corrected chi connectivity index (χ0v) is 12.0. The molecule has 1 aromatic carbocycles. The van der Waals surface area contributed by atoms with Crippen molar-refractivity contribution in [3.8, 4) is 0 Å². The molecule has 0 saturated carbocycles. The van der Waals surface area contributed by atoms with Gasteiger partial charge in [-0.15, -0.1) is 0 Å². The second-order valence-corrected chi connectivity index (χ2v) is 4.52. The standard InChI is InChI=1S/C16H22O5/c1-4-20-14(17)16(3,15(18)21-5-2)12-19-11-13-9-7-6-8-10-13/h6-10H,4-5,11-12H2,1-3H3/i1D3,4D2/t16-/m1/s1. The van der Waals surface area contributed by atoms with Crippen molar-refractivity contribution in [3.05, 3.63) is 35.9 Å². The van der Waals surface area contributed by atoms with Gasteiger partial charge in [-0.1, -0.05) is 30.3 Å². The maximum absolute atomic E-state index is 12.4. The monoisotopic (exact) mass is 299 g/mol. The Kier molecular flexibility index (Phi) is 4.32. The molecule has 0 fully saturated rings. The number of benzene rings is 1. The summed E-state index contributed by atoms with van der Waals surface area (Å²) in [6, 6.07) is 8.98. The van der Waals surface area contributed by atoms with Crippen LogP contribution < -0.4 is 0 Å². The highest BCUT2D eigenvalue weighted by Crippen LogP contribution is 2.22. The van der Waals surface area contributed by atoms with Crippen LogP contribution in [0.25, 0.3) is 0 Å². The van der Waals surface area contributed by atoms with E-state index in [0.717, 1.165) is 12.5 Å². The van der Waals surface area contributed by atoms with Crippen molar-refractivity contribution in [2.75, 3.05) is 19.8 Å². The van der Waals surface area contributed by atoms with Gasteiger partial charge in [0.05, 0.1) is 29.1 Å². The van der Waals surface area contributed by atoms with Crippen LogP contribution in [0.5, 0.6) is 0 Å². The van der Waals surface area contributed by atoms with Gasteiger partial charge in [0.2, 0.25) is 0 Å². The molecule has 0 radical (unpaired) electrons. The Hall–Kier alpha value is -1.88. The van der Waals surface area contributed by atoms with Gasteiger partial charge in [-0.25, -0.2) is 0 Å². The van der Waals surface area contributed by atoms with Crippen LogP contribution in [0.1, 0.15) is 33.1 Å². The Balaban J connectivity index is 2.91. The predicted octanol–water partition coefficient (Wildman–Crippen LogP) is 2.34. The number of hydrogen-bond acceptors (Lipinski definition) is 5. The third kappa shape index (κ3) is 4.86. The van der Waals surface area contributed by atoms with Crippen LogP contribution in [0.15, 0.2) is 30.3 Å². The SMILES string of the molecule is [2H]C([2H])([2H])C([2H])([2H])OC(=O)[C@@](C)(COCc1ccccc1)C(=O)OCC. The lowest BCUT2D eigenvalue weighted by atomic mass is 9.92. The summed E-state index contributed by atoms with van der Waals surface area (Å²) in [5, 5.41) is 0. The number of carbonyl (C=O) groups excluding carboxylic acids is 2. The predicted molar refractivity (Wildman–Crippen MR) is 77.5 cm³/mol. The number of hydrogen-bond donors (Lipinski definition) is 0. The number of carbonyl (C=O) groups is 2. The van der Waals surface area contributed by atoms with Gasteiger partial charge in [-0.2, -0.15) is 0 Å². The minimum Gasteiger partial charge on any atom is -0.465 e. The third-order valence-corrected chi connectivity index (χ3v) is 2.82. The summed E-state index contributed by atoms with van der Waals surface area (Å²) in [5.74, 6) is -2.36. The lowest BCUT2D eigenvalue weighted by Gasteiger charge is -2.24. The fraction of sp³-hybridized carbons (Fsp3) is 0.500. The first-order valence-corrected chi connectivity index (χ1v) is 6.46. The summed E-state index contributed by atoms with van der Waals surface area (Å²) >= 11 is 0. The van der Waals surface area contributed by atoms with E-state index in [-0.39, 0.29) is 13.2 Å². The molecule has 0 bridgehead atoms. The fourth-order valence-corrected chi connectivity index (χ4v) is 1.60. The Morgan fingerprint density at radius 1 is 1.24 bits per heavy atom. The molecule has 0 N–H and O–H groups in total. The molecule has 1 atom stereocenters. The van der Waals surface area contributed by atoms with Crippen LogP contribution in [0.2, 0.25) is 0 Å². The Morgan fingerprint density at radius 3 is 2.52 bits per heavy atom. The van der Waals surface area contributed by atoms with E-state index in [1.165, 1.54) is 6.92 Å². The number of ether oxygens (including phenoxy) is 3. The van der Waals surface area contributed by atoms with Crippen molar-refractivity contribution in [1.29, 1.82) is 0 Å². The highest BCUT2D eigenvalue weighted by Gasteiger charge is 2.44. The molecule has 0 aromatic heterocycles. The van der Waals surface area contributed by atoms with Gasteiger partial charge in [0.15, 0.2) is 5.41 Å². The zero-order valence-electron chi connectivity index (χ0n) is 17.0. The van der Waals surface area contributed by atoms with Crippen LogP contribution in [0.3, 0.4) is 0 Å². The van der Waals surface area contributed by atoms with Crippen LogP contribution in [0, 0.1) is 5.41 Å². The molecule has 5 nitrogen and oxygen atoms in total. The van der Waals surface area contributed by atoms with Gasteiger partial charge in [-0.05, 0) is 26.3 Å². The first-order chi connectivity index (χ1) is 11.9. The van der Waals surface area contributed by atoms with Crippen LogP contribution in [-0.2, 0) is 30.4 Å². The minimum atomic E-state index is -3.25. The molecule has 1 aromatic rings. The summed E-state index contributed by atoms with van der Waals surface area (Å²) in [6.07, 6.45) is 0. The summed E-state index contributed by atoms with van der Waals surface area (Å²) in [5.41, 5.74) is -1.21. The van der Waals surface area contributed by atoms with E-state index in [2.05, 4.69) is 4.74 Å². The highest BCUT2D eigenvalue weighted by atomic mass is 16.6. The molecule has 0 heterocycles. The summed E-state index contributed by atoms with van der Waals surface area (Å²) in [4.78, 5) is 24.6. The lowest BCUT2D eigenvalue weighted by Crippen LogP contribution is -2.43. The Bertz CT molecular complexity index is 617. The van der Waals surface area contributed by atoms with Crippen molar-refractivity contribution < 1.29 is 30.7 Å². The van der Waals surface area contributed by atoms with Gasteiger partial charge in [0.1, 0.15) is 0 Å². The zero-order chi connectivity index (χ0) is 20.0. The molecule has 0 aliphatic rings. The first kappa shape index (κ1) is 10.8. The summed E-state index contributed by atoms with van der Waals surface area (Å²) in [6.45, 7) is -4.15. The second-order valence-electron chi connectivity index (χ2n) is 4.52. The molecule has 5 heteroatoms. The van der Waals surface area contributed by atoms with Crippen molar-refractivity contribution >= 4 is 11.9 Å². The molecule has 0 aliphatic heterocycles. The summed E-state index contributed by atoms with van der Waals surface area (Å²) in [7, 11) is 0. The van der Waals surface area contributed by atoms with Crippen molar-refractivity contribution in [1.82, 2.24) is 0 Å². The van der Waals surface area contributed by atoms with Crippen LogP contribution in [0.4, 0.5) is 0 Å². The number of rotatable bonds is 8. The second kappa shape index (κ2) is 8.42. The van der Waals surface area contributed by atoms with Crippen LogP contribution in [-0.4, -0.2) is 31.7 Å². The molecule has 0 saturated heterocycles. The lowest BCUT2D eigenvalue weighted by molar-refractivity contribution is -0.175. The molecule has 1 rings (SSSR count). The molecule has 0 amide bonds. The van der Waals surface area contributed by atoms with Gasteiger partial charge in [0.25, 0.3) is 0 Å². The quantitative estimate of drug-likeness (QED) is 0.544. The van der Waals surface area contributed by atoms with Crippen molar-refractivity contribution in [2.24, 2.45) is 5.41 Å². The first-order valence-electron chi connectivity index (χ1n) is 8.96. The topological polar surface area (TPSA) is 61.8 Å². The third-order valence-electron chi connectivity index (χ3n) is 2.82. The Morgan fingerprint density at radius 2 is 1.90 bits per heavy atom. The minimum absolute atomic E-state index is 0.0213. The molecule has 21 heavy (non-hydrogen) atoms. The van der Waals surface area contributed by atoms with Crippen molar-refractivity contribution in [2.45, 2.75) is 27.3 Å². The van der Waals surface area contributed by atoms with Gasteiger partial charge >= 0.3 is 11.9 Å². The van der Waals surface area contributed by atoms with E-state index >= 15 is 0 Å². The Labute approximate surface area is 132 Å². The van der Waals surface area contributed by atoms with Crippen LogP contribution >= 0.6 is 0 Å². The maximum Gasteiger partial charge on any atom is 0.325 e. The fourth-order valence-electron chi connectivity index (χ4n) is 1.60. The van der Waals surface area contributed by atoms with E-state index in [1.54, 1.807) is 24.3 Å². The smallest absolute Gasteiger partial charge is 0.325 e. The summed E-state index contributed by atoms with van der Waals surface area (Å²) < 4.78 is 50.9. The van der Waals surface area contributed by atoms with E-state index in [9.17, 15) is 9.59 Å². The normalized spacial score (nSPS) is 18.1. The largest absolute Gasteiger partial charge is 0.465 e. The van der Waals surface area contributed by atoms with E-state index < -0.39 is 37.4 Å².